The maximum atomic E-state index is 12.7. The van der Waals surface area contributed by atoms with Crippen LogP contribution in [0, 0.1) is 24.0 Å². The summed E-state index contributed by atoms with van der Waals surface area (Å²) >= 11 is 0. The van der Waals surface area contributed by atoms with Crippen LogP contribution in [-0.4, -0.2) is 51.5 Å². The Morgan fingerprint density at radius 3 is 2.21 bits per heavy atom. The van der Waals surface area contributed by atoms with Crippen molar-refractivity contribution in [2.75, 3.05) is 42.8 Å². The number of sulfonamides is 1. The molecule has 1 aliphatic heterocycles. The maximum absolute atomic E-state index is 12.7. The third-order valence-corrected chi connectivity index (χ3v) is 6.32. The third-order valence-electron chi connectivity index (χ3n) is 4.94. The molecule has 0 atom stereocenters. The average molecular weight is 404 g/mol. The Morgan fingerprint density at radius 1 is 1.04 bits per heavy atom. The first-order valence-electron chi connectivity index (χ1n) is 8.99. The van der Waals surface area contributed by atoms with Crippen LogP contribution in [0.4, 0.5) is 17.1 Å². The molecule has 1 heterocycles. The molecule has 0 radical (unpaired) electrons. The van der Waals surface area contributed by atoms with Crippen LogP contribution >= 0.6 is 0 Å². The van der Waals surface area contributed by atoms with Crippen LogP contribution in [-0.2, 0) is 10.0 Å². The van der Waals surface area contributed by atoms with Crippen molar-refractivity contribution >= 4 is 27.1 Å². The van der Waals surface area contributed by atoms with Gasteiger partial charge >= 0.3 is 0 Å². The van der Waals surface area contributed by atoms with Gasteiger partial charge in [0, 0.05) is 32.2 Å². The minimum absolute atomic E-state index is 0.0136. The van der Waals surface area contributed by atoms with Gasteiger partial charge in [0.2, 0.25) is 0 Å². The van der Waals surface area contributed by atoms with E-state index in [-0.39, 0.29) is 10.6 Å². The maximum Gasteiger partial charge on any atom is 0.292 e. The standard InChI is InChI=1S/C19H24N4O4S/c1-14-4-6-16(7-5-14)28(26,27)20-17-13-18(19(23(24)25)12-15(17)2)22-10-8-21(3)9-11-22/h4-7,12-13,20H,8-11H2,1-3H3. The third kappa shape index (κ3) is 4.26. The van der Waals surface area contributed by atoms with E-state index in [2.05, 4.69) is 9.62 Å². The number of nitro groups is 1. The summed E-state index contributed by atoms with van der Waals surface area (Å²) in [6.07, 6.45) is 0. The summed E-state index contributed by atoms with van der Waals surface area (Å²) in [6, 6.07) is 9.55. The topological polar surface area (TPSA) is 95.8 Å². The Labute approximate surface area is 165 Å². The van der Waals surface area contributed by atoms with E-state index in [9.17, 15) is 18.5 Å². The number of nitro benzene ring substituents is 1. The first-order chi connectivity index (χ1) is 13.2. The van der Waals surface area contributed by atoms with E-state index in [4.69, 9.17) is 0 Å². The van der Waals surface area contributed by atoms with Gasteiger partial charge in [0.1, 0.15) is 5.69 Å². The molecular weight excluding hydrogens is 380 g/mol. The fraction of sp³-hybridized carbons (Fsp3) is 0.368. The second kappa shape index (κ2) is 7.76. The lowest BCUT2D eigenvalue weighted by Crippen LogP contribution is -2.44. The minimum Gasteiger partial charge on any atom is -0.363 e. The molecule has 1 N–H and O–H groups in total. The van der Waals surface area contributed by atoms with E-state index in [1.54, 1.807) is 37.3 Å². The van der Waals surface area contributed by atoms with Crippen molar-refractivity contribution < 1.29 is 13.3 Å². The number of rotatable bonds is 5. The lowest BCUT2D eigenvalue weighted by molar-refractivity contribution is -0.384. The summed E-state index contributed by atoms with van der Waals surface area (Å²) in [4.78, 5) is 15.4. The van der Waals surface area contributed by atoms with Gasteiger partial charge in [-0.25, -0.2) is 8.42 Å². The highest BCUT2D eigenvalue weighted by Gasteiger charge is 2.25. The zero-order valence-electron chi connectivity index (χ0n) is 16.2. The largest absolute Gasteiger partial charge is 0.363 e. The van der Waals surface area contributed by atoms with Gasteiger partial charge in [-0.15, -0.1) is 0 Å². The van der Waals surface area contributed by atoms with Crippen LogP contribution in [0.3, 0.4) is 0 Å². The van der Waals surface area contributed by atoms with Gasteiger partial charge in [-0.1, -0.05) is 17.7 Å². The van der Waals surface area contributed by atoms with Crippen LogP contribution in [0.15, 0.2) is 41.3 Å². The number of hydrogen-bond donors (Lipinski definition) is 1. The highest BCUT2D eigenvalue weighted by atomic mass is 32.2. The van der Waals surface area contributed by atoms with Crippen LogP contribution in [0.25, 0.3) is 0 Å². The molecule has 2 aromatic rings. The van der Waals surface area contributed by atoms with Crippen LogP contribution in [0.5, 0.6) is 0 Å². The Morgan fingerprint density at radius 2 is 1.64 bits per heavy atom. The zero-order chi connectivity index (χ0) is 20.5. The molecular formula is C19H24N4O4S. The van der Waals surface area contributed by atoms with Crippen molar-refractivity contribution in [3.05, 3.63) is 57.6 Å². The van der Waals surface area contributed by atoms with Crippen molar-refractivity contribution in [3.63, 3.8) is 0 Å². The molecule has 0 spiro atoms. The molecule has 1 fully saturated rings. The summed E-state index contributed by atoms with van der Waals surface area (Å²) in [5.74, 6) is 0. The lowest BCUT2D eigenvalue weighted by atomic mass is 10.1. The molecule has 8 nitrogen and oxygen atoms in total. The number of likely N-dealkylation sites (N-methyl/N-ethyl adjacent to an activating group) is 1. The molecule has 1 aliphatic rings. The number of anilines is 2. The second-order valence-corrected chi connectivity index (χ2v) is 8.80. The fourth-order valence-corrected chi connectivity index (χ4v) is 4.28. The van der Waals surface area contributed by atoms with Gasteiger partial charge in [0.25, 0.3) is 15.7 Å². The molecule has 0 bridgehead atoms. The Kier molecular flexibility index (Phi) is 5.57. The summed E-state index contributed by atoms with van der Waals surface area (Å²) < 4.78 is 28.1. The molecule has 1 saturated heterocycles. The molecule has 0 aliphatic carbocycles. The van der Waals surface area contributed by atoms with Gasteiger partial charge in [-0.2, -0.15) is 0 Å². The summed E-state index contributed by atoms with van der Waals surface area (Å²) in [5, 5.41) is 11.6. The van der Waals surface area contributed by atoms with E-state index < -0.39 is 14.9 Å². The summed E-state index contributed by atoms with van der Waals surface area (Å²) in [6.45, 7) is 6.40. The highest BCUT2D eigenvalue weighted by molar-refractivity contribution is 7.92. The van der Waals surface area contributed by atoms with E-state index in [0.717, 1.165) is 18.7 Å². The SMILES string of the molecule is Cc1ccc(S(=O)(=O)Nc2cc(N3CCN(C)CC3)c([N+](=O)[O-])cc2C)cc1. The number of piperazine rings is 1. The van der Waals surface area contributed by atoms with E-state index in [1.165, 1.54) is 6.07 Å². The van der Waals surface area contributed by atoms with Crippen molar-refractivity contribution in [1.82, 2.24) is 4.90 Å². The number of nitrogens with one attached hydrogen (secondary N) is 1. The highest BCUT2D eigenvalue weighted by Crippen LogP contribution is 2.35. The Hall–Kier alpha value is -2.65. The predicted octanol–water partition coefficient (Wildman–Crippen LogP) is 2.76. The summed E-state index contributed by atoms with van der Waals surface area (Å²) in [7, 11) is -1.79. The monoisotopic (exact) mass is 404 g/mol. The molecule has 2 aromatic carbocycles. The van der Waals surface area contributed by atoms with Crippen molar-refractivity contribution in [3.8, 4) is 0 Å². The van der Waals surface area contributed by atoms with Gasteiger partial charge in [-0.05, 0) is 44.7 Å². The van der Waals surface area contributed by atoms with Gasteiger partial charge in [-0.3, -0.25) is 14.8 Å². The molecule has 0 amide bonds. The zero-order valence-corrected chi connectivity index (χ0v) is 17.0. The molecule has 150 valence electrons. The average Bonchev–Trinajstić information content (AvgIpc) is 2.64. The van der Waals surface area contributed by atoms with Crippen molar-refractivity contribution in [1.29, 1.82) is 0 Å². The van der Waals surface area contributed by atoms with Gasteiger partial charge < -0.3 is 9.80 Å². The van der Waals surface area contributed by atoms with Gasteiger partial charge in [0.05, 0.1) is 15.5 Å². The van der Waals surface area contributed by atoms with Crippen LogP contribution in [0.1, 0.15) is 11.1 Å². The quantitative estimate of drug-likeness (QED) is 0.608. The number of aryl methyl sites for hydroxylation is 2. The number of nitrogens with zero attached hydrogens (tertiary/aromatic N) is 3. The molecule has 28 heavy (non-hydrogen) atoms. The number of benzene rings is 2. The molecule has 3 rings (SSSR count). The fourth-order valence-electron chi connectivity index (χ4n) is 3.16. The van der Waals surface area contributed by atoms with Gasteiger partial charge in [0.15, 0.2) is 0 Å². The second-order valence-electron chi connectivity index (χ2n) is 7.12. The first-order valence-corrected chi connectivity index (χ1v) is 10.5. The Balaban J connectivity index is 1.98. The molecule has 0 aromatic heterocycles. The van der Waals surface area contributed by atoms with E-state index in [1.807, 2.05) is 18.9 Å². The number of hydrogen-bond acceptors (Lipinski definition) is 6. The van der Waals surface area contributed by atoms with Crippen LogP contribution < -0.4 is 9.62 Å². The van der Waals surface area contributed by atoms with E-state index in [0.29, 0.717) is 30.0 Å². The summed E-state index contributed by atoms with van der Waals surface area (Å²) in [5.41, 5.74) is 2.23. The van der Waals surface area contributed by atoms with Crippen molar-refractivity contribution in [2.45, 2.75) is 18.7 Å². The molecule has 0 unspecified atom stereocenters. The first kappa shape index (κ1) is 20.1. The van der Waals surface area contributed by atoms with E-state index >= 15 is 0 Å². The molecule has 0 saturated carbocycles. The Bertz CT molecular complexity index is 982. The van der Waals surface area contributed by atoms with Crippen LogP contribution in [0.2, 0.25) is 0 Å². The normalized spacial score (nSPS) is 15.5. The van der Waals surface area contributed by atoms with Crippen molar-refractivity contribution in [2.24, 2.45) is 0 Å². The lowest BCUT2D eigenvalue weighted by Gasteiger charge is -2.34. The predicted molar refractivity (Wildman–Crippen MR) is 110 cm³/mol. The smallest absolute Gasteiger partial charge is 0.292 e. The minimum atomic E-state index is -3.79. The molecule has 9 heteroatoms.